The summed E-state index contributed by atoms with van der Waals surface area (Å²) in [6, 6.07) is 0.581. The molecule has 1 saturated heterocycles. The Morgan fingerprint density at radius 3 is 2.74 bits per heavy atom. The van der Waals surface area contributed by atoms with Crippen LogP contribution in [0.2, 0.25) is 0 Å². The molecule has 0 aromatic carbocycles. The van der Waals surface area contributed by atoms with E-state index in [1.165, 1.54) is 6.42 Å². The first-order valence-corrected chi connectivity index (χ1v) is 7.43. The Morgan fingerprint density at radius 1 is 1.16 bits per heavy atom. The van der Waals surface area contributed by atoms with Gasteiger partial charge in [0, 0.05) is 18.5 Å². The molecule has 1 aliphatic heterocycles. The molecular weight excluding hydrogens is 264 g/mol. The van der Waals surface area contributed by atoms with Crippen molar-refractivity contribution < 1.29 is 9.53 Å². The van der Waals surface area contributed by atoms with Crippen LogP contribution in [0.5, 0.6) is 0 Å². The lowest BCUT2D eigenvalue weighted by Gasteiger charge is -2.40. The minimum atomic E-state index is 0. The van der Waals surface area contributed by atoms with Crippen molar-refractivity contribution in [3.63, 3.8) is 0 Å². The molecule has 5 heteroatoms. The molecule has 1 heterocycles. The molecule has 19 heavy (non-hydrogen) atoms. The van der Waals surface area contributed by atoms with Gasteiger partial charge in [-0.25, -0.2) is 0 Å². The molecule has 1 amide bonds. The number of fused-ring (bicyclic) bond motifs is 1. The van der Waals surface area contributed by atoms with Gasteiger partial charge in [0.2, 0.25) is 5.91 Å². The Morgan fingerprint density at radius 2 is 1.95 bits per heavy atom. The standard InChI is InChI=1S/C14H24N2O2.ClH/c15-11-4-1-3-10(9-11)14(17)16-7-8-18-13-6-2-5-12(13)16;/h10-13H,1-9,15H2;1H. The van der Waals surface area contributed by atoms with Crippen LogP contribution < -0.4 is 5.73 Å². The van der Waals surface area contributed by atoms with Gasteiger partial charge in [0.25, 0.3) is 0 Å². The number of amides is 1. The second kappa shape index (κ2) is 6.42. The van der Waals surface area contributed by atoms with Crippen LogP contribution in [0.4, 0.5) is 0 Å². The average Bonchev–Trinajstić information content (AvgIpc) is 2.86. The van der Waals surface area contributed by atoms with Crippen LogP contribution in [0.1, 0.15) is 44.9 Å². The fourth-order valence-electron chi connectivity index (χ4n) is 3.89. The molecule has 4 atom stereocenters. The van der Waals surface area contributed by atoms with Gasteiger partial charge in [-0.1, -0.05) is 6.42 Å². The second-order valence-electron chi connectivity index (χ2n) is 6.06. The minimum absolute atomic E-state index is 0. The van der Waals surface area contributed by atoms with E-state index in [-0.39, 0.29) is 24.4 Å². The summed E-state index contributed by atoms with van der Waals surface area (Å²) in [6.07, 6.45) is 7.85. The molecule has 0 aromatic heterocycles. The SMILES string of the molecule is Cl.NC1CCCC(C(=O)N2CCOC3CCCC32)C1. The molecule has 3 aliphatic rings. The van der Waals surface area contributed by atoms with Gasteiger partial charge in [0.05, 0.1) is 18.8 Å². The van der Waals surface area contributed by atoms with E-state index in [1.54, 1.807) is 0 Å². The Bertz CT molecular complexity index is 327. The quantitative estimate of drug-likeness (QED) is 0.799. The Balaban J connectivity index is 0.00000133. The highest BCUT2D eigenvalue weighted by atomic mass is 35.5. The molecule has 0 aromatic rings. The van der Waals surface area contributed by atoms with E-state index in [9.17, 15) is 4.79 Å². The van der Waals surface area contributed by atoms with Gasteiger partial charge in [-0.2, -0.15) is 0 Å². The number of halogens is 1. The van der Waals surface area contributed by atoms with Crippen molar-refractivity contribution in [2.24, 2.45) is 11.7 Å². The van der Waals surface area contributed by atoms with E-state index in [2.05, 4.69) is 4.90 Å². The minimum Gasteiger partial charge on any atom is -0.374 e. The van der Waals surface area contributed by atoms with E-state index in [0.717, 1.165) is 45.1 Å². The highest BCUT2D eigenvalue weighted by Crippen LogP contribution is 2.33. The lowest BCUT2D eigenvalue weighted by Crippen LogP contribution is -2.53. The Kier molecular flexibility index (Phi) is 5.09. The van der Waals surface area contributed by atoms with E-state index in [1.807, 2.05) is 0 Å². The zero-order chi connectivity index (χ0) is 12.5. The number of carbonyl (C=O) groups excluding carboxylic acids is 1. The van der Waals surface area contributed by atoms with E-state index in [0.29, 0.717) is 24.7 Å². The zero-order valence-corrected chi connectivity index (χ0v) is 12.2. The molecule has 4 unspecified atom stereocenters. The summed E-state index contributed by atoms with van der Waals surface area (Å²) in [5, 5.41) is 0. The van der Waals surface area contributed by atoms with Crippen LogP contribution in [0.3, 0.4) is 0 Å². The van der Waals surface area contributed by atoms with Gasteiger partial charge < -0.3 is 15.4 Å². The molecular formula is C14H25ClN2O2. The maximum absolute atomic E-state index is 12.7. The summed E-state index contributed by atoms with van der Waals surface area (Å²) < 4.78 is 5.77. The highest BCUT2D eigenvalue weighted by Gasteiger charge is 2.40. The maximum atomic E-state index is 12.7. The van der Waals surface area contributed by atoms with Crippen LogP contribution >= 0.6 is 12.4 Å². The van der Waals surface area contributed by atoms with Gasteiger partial charge in [-0.3, -0.25) is 4.79 Å². The van der Waals surface area contributed by atoms with Crippen molar-refractivity contribution in [3.8, 4) is 0 Å². The molecule has 110 valence electrons. The molecule has 0 spiro atoms. The van der Waals surface area contributed by atoms with Crippen molar-refractivity contribution >= 4 is 18.3 Å². The number of rotatable bonds is 1. The van der Waals surface area contributed by atoms with Crippen LogP contribution in [0, 0.1) is 5.92 Å². The highest BCUT2D eigenvalue weighted by molar-refractivity contribution is 5.85. The normalized spacial score (nSPS) is 38.5. The van der Waals surface area contributed by atoms with Crippen LogP contribution in [0.15, 0.2) is 0 Å². The number of morpholine rings is 1. The zero-order valence-electron chi connectivity index (χ0n) is 11.4. The van der Waals surface area contributed by atoms with Crippen LogP contribution in [0.25, 0.3) is 0 Å². The van der Waals surface area contributed by atoms with Crippen LogP contribution in [-0.4, -0.2) is 42.1 Å². The van der Waals surface area contributed by atoms with Crippen molar-refractivity contribution in [1.82, 2.24) is 4.90 Å². The van der Waals surface area contributed by atoms with Crippen molar-refractivity contribution in [3.05, 3.63) is 0 Å². The first-order valence-electron chi connectivity index (χ1n) is 7.43. The van der Waals surface area contributed by atoms with E-state index >= 15 is 0 Å². The number of nitrogens with two attached hydrogens (primary N) is 1. The Labute approximate surface area is 121 Å². The topological polar surface area (TPSA) is 55.6 Å². The molecule has 2 aliphatic carbocycles. The molecule has 0 bridgehead atoms. The summed E-state index contributed by atoms with van der Waals surface area (Å²) in [6.45, 7) is 1.50. The van der Waals surface area contributed by atoms with E-state index in [4.69, 9.17) is 10.5 Å². The van der Waals surface area contributed by atoms with Crippen molar-refractivity contribution in [1.29, 1.82) is 0 Å². The summed E-state index contributed by atoms with van der Waals surface area (Å²) in [7, 11) is 0. The third kappa shape index (κ3) is 3.06. The lowest BCUT2D eigenvalue weighted by molar-refractivity contribution is -0.149. The number of nitrogens with zero attached hydrogens (tertiary/aromatic N) is 1. The molecule has 2 N–H and O–H groups in total. The summed E-state index contributed by atoms with van der Waals surface area (Å²) >= 11 is 0. The van der Waals surface area contributed by atoms with Gasteiger partial charge >= 0.3 is 0 Å². The lowest BCUT2D eigenvalue weighted by atomic mass is 9.85. The molecule has 3 rings (SSSR count). The number of carbonyl (C=O) groups is 1. The fourth-order valence-corrected chi connectivity index (χ4v) is 3.89. The monoisotopic (exact) mass is 288 g/mol. The predicted molar refractivity (Wildman–Crippen MR) is 76.3 cm³/mol. The number of hydrogen-bond acceptors (Lipinski definition) is 3. The molecule has 4 nitrogen and oxygen atoms in total. The summed E-state index contributed by atoms with van der Waals surface area (Å²) in [5.74, 6) is 0.526. The number of ether oxygens (including phenoxy) is 1. The molecule has 3 fully saturated rings. The van der Waals surface area contributed by atoms with Gasteiger partial charge in [0.1, 0.15) is 0 Å². The summed E-state index contributed by atoms with van der Waals surface area (Å²) in [5.41, 5.74) is 6.00. The van der Waals surface area contributed by atoms with Crippen molar-refractivity contribution in [2.45, 2.75) is 63.1 Å². The number of hydrogen-bond donors (Lipinski definition) is 1. The Hall–Kier alpha value is -0.320. The molecule has 0 radical (unpaired) electrons. The van der Waals surface area contributed by atoms with Gasteiger partial charge in [0.15, 0.2) is 0 Å². The smallest absolute Gasteiger partial charge is 0.226 e. The fraction of sp³-hybridized carbons (Fsp3) is 0.929. The first kappa shape index (κ1) is 15.1. The van der Waals surface area contributed by atoms with Gasteiger partial charge in [-0.15, -0.1) is 12.4 Å². The average molecular weight is 289 g/mol. The first-order chi connectivity index (χ1) is 8.75. The van der Waals surface area contributed by atoms with Crippen molar-refractivity contribution in [2.75, 3.05) is 13.2 Å². The van der Waals surface area contributed by atoms with E-state index < -0.39 is 0 Å². The molecule has 2 saturated carbocycles. The van der Waals surface area contributed by atoms with Crippen LogP contribution in [-0.2, 0) is 9.53 Å². The largest absolute Gasteiger partial charge is 0.374 e. The predicted octanol–water partition coefficient (Wildman–Crippen LogP) is 1.71. The van der Waals surface area contributed by atoms with Gasteiger partial charge in [-0.05, 0) is 38.5 Å². The third-order valence-corrected chi connectivity index (χ3v) is 4.83. The summed E-state index contributed by atoms with van der Waals surface area (Å²) in [4.78, 5) is 14.8. The second-order valence-corrected chi connectivity index (χ2v) is 6.06. The maximum Gasteiger partial charge on any atom is 0.226 e. The third-order valence-electron chi connectivity index (χ3n) is 4.83.